The van der Waals surface area contributed by atoms with E-state index in [2.05, 4.69) is 37.7 Å². The van der Waals surface area contributed by atoms with Crippen molar-refractivity contribution in [3.63, 3.8) is 0 Å². The molecule has 0 radical (unpaired) electrons. The van der Waals surface area contributed by atoms with Crippen molar-refractivity contribution in [1.82, 2.24) is 9.80 Å². The molecular formula is C12H26N2O. The lowest BCUT2D eigenvalue weighted by atomic mass is 9.89. The van der Waals surface area contributed by atoms with Gasteiger partial charge in [0.05, 0.1) is 0 Å². The molecule has 0 aromatic rings. The van der Waals surface area contributed by atoms with E-state index in [1.165, 1.54) is 6.42 Å². The lowest BCUT2D eigenvalue weighted by Crippen LogP contribution is -2.44. The van der Waals surface area contributed by atoms with Crippen LogP contribution in [0.3, 0.4) is 0 Å². The molecule has 0 bridgehead atoms. The lowest BCUT2D eigenvalue weighted by Gasteiger charge is -2.35. The molecule has 15 heavy (non-hydrogen) atoms. The van der Waals surface area contributed by atoms with Gasteiger partial charge in [-0.2, -0.15) is 0 Å². The average molecular weight is 214 g/mol. The third-order valence-electron chi connectivity index (χ3n) is 3.82. The van der Waals surface area contributed by atoms with Crippen LogP contribution in [0.15, 0.2) is 0 Å². The number of likely N-dealkylation sites (tertiary alicyclic amines) is 1. The zero-order valence-electron chi connectivity index (χ0n) is 10.7. The molecule has 0 spiro atoms. The summed E-state index contributed by atoms with van der Waals surface area (Å²) in [6, 6.07) is 0. The number of rotatable bonds is 5. The van der Waals surface area contributed by atoms with Gasteiger partial charge in [-0.15, -0.1) is 0 Å². The fourth-order valence-electron chi connectivity index (χ4n) is 2.50. The Morgan fingerprint density at radius 1 is 1.40 bits per heavy atom. The van der Waals surface area contributed by atoms with Crippen LogP contribution in [0.2, 0.25) is 0 Å². The van der Waals surface area contributed by atoms with E-state index in [0.29, 0.717) is 12.5 Å². The van der Waals surface area contributed by atoms with Crippen LogP contribution in [0.1, 0.15) is 26.7 Å². The van der Waals surface area contributed by atoms with Gasteiger partial charge in [0.2, 0.25) is 0 Å². The van der Waals surface area contributed by atoms with Gasteiger partial charge in [0.15, 0.2) is 0 Å². The number of aliphatic hydroxyl groups excluding tert-OH is 1. The molecule has 0 amide bonds. The van der Waals surface area contributed by atoms with Crippen LogP contribution in [0.4, 0.5) is 0 Å². The summed E-state index contributed by atoms with van der Waals surface area (Å²) in [5, 5.41) is 9.30. The largest absolute Gasteiger partial charge is 0.396 e. The molecule has 0 aromatic carbocycles. The van der Waals surface area contributed by atoms with Gasteiger partial charge in [0.25, 0.3) is 0 Å². The first-order chi connectivity index (χ1) is 6.98. The van der Waals surface area contributed by atoms with E-state index in [1.807, 2.05) is 0 Å². The Morgan fingerprint density at radius 2 is 2.07 bits per heavy atom. The average Bonchev–Trinajstić information content (AvgIpc) is 2.41. The van der Waals surface area contributed by atoms with Crippen LogP contribution in [-0.4, -0.2) is 60.8 Å². The zero-order chi connectivity index (χ0) is 11.5. The maximum absolute atomic E-state index is 9.30. The molecular weight excluding hydrogens is 188 g/mol. The minimum atomic E-state index is 0.182. The van der Waals surface area contributed by atoms with Crippen LogP contribution in [0.5, 0.6) is 0 Å². The minimum Gasteiger partial charge on any atom is -0.396 e. The fraction of sp³-hybridized carbons (Fsp3) is 1.00. The van der Waals surface area contributed by atoms with E-state index in [1.54, 1.807) is 0 Å². The number of aliphatic hydroxyl groups is 1. The minimum absolute atomic E-state index is 0.182. The second kappa shape index (κ2) is 5.28. The Hall–Kier alpha value is -0.120. The van der Waals surface area contributed by atoms with E-state index in [9.17, 15) is 5.11 Å². The van der Waals surface area contributed by atoms with E-state index in [0.717, 1.165) is 26.1 Å². The van der Waals surface area contributed by atoms with Crippen molar-refractivity contribution in [2.24, 2.45) is 5.92 Å². The standard InChI is InChI=1S/C12H26N2O/c1-12(2)11(10-15)6-9-14(12)8-5-7-13(3)4/h11,15H,5-10H2,1-4H3. The Balaban J connectivity index is 2.37. The first-order valence-corrected chi connectivity index (χ1v) is 5.99. The van der Waals surface area contributed by atoms with Crippen LogP contribution in [-0.2, 0) is 0 Å². The third-order valence-corrected chi connectivity index (χ3v) is 3.82. The molecule has 3 nitrogen and oxygen atoms in total. The van der Waals surface area contributed by atoms with Crippen molar-refractivity contribution >= 4 is 0 Å². The van der Waals surface area contributed by atoms with Crippen molar-refractivity contribution in [2.45, 2.75) is 32.2 Å². The molecule has 0 saturated carbocycles. The van der Waals surface area contributed by atoms with Crippen LogP contribution in [0, 0.1) is 5.92 Å². The summed E-state index contributed by atoms with van der Waals surface area (Å²) >= 11 is 0. The molecule has 1 rings (SSSR count). The topological polar surface area (TPSA) is 26.7 Å². The van der Waals surface area contributed by atoms with Crippen LogP contribution < -0.4 is 0 Å². The first kappa shape index (κ1) is 12.9. The maximum Gasteiger partial charge on any atom is 0.0477 e. The maximum atomic E-state index is 9.30. The van der Waals surface area contributed by atoms with Gasteiger partial charge in [0, 0.05) is 18.1 Å². The molecule has 1 saturated heterocycles. The normalized spacial score (nSPS) is 26.4. The lowest BCUT2D eigenvalue weighted by molar-refractivity contribution is 0.0974. The third kappa shape index (κ3) is 3.16. The molecule has 0 aromatic heterocycles. The number of hydrogen-bond donors (Lipinski definition) is 1. The molecule has 1 aliphatic heterocycles. The highest BCUT2D eigenvalue weighted by atomic mass is 16.3. The molecule has 1 aliphatic rings. The molecule has 3 heteroatoms. The van der Waals surface area contributed by atoms with E-state index in [-0.39, 0.29) is 5.54 Å². The van der Waals surface area contributed by atoms with Crippen LogP contribution in [0.25, 0.3) is 0 Å². The Labute approximate surface area is 94.1 Å². The Morgan fingerprint density at radius 3 is 2.53 bits per heavy atom. The van der Waals surface area contributed by atoms with Crippen molar-refractivity contribution in [3.05, 3.63) is 0 Å². The van der Waals surface area contributed by atoms with Gasteiger partial charge in [-0.1, -0.05) is 0 Å². The molecule has 1 heterocycles. The van der Waals surface area contributed by atoms with Crippen molar-refractivity contribution in [3.8, 4) is 0 Å². The van der Waals surface area contributed by atoms with Gasteiger partial charge >= 0.3 is 0 Å². The Bertz CT molecular complexity index is 192. The second-order valence-corrected chi connectivity index (χ2v) is 5.47. The van der Waals surface area contributed by atoms with E-state index >= 15 is 0 Å². The molecule has 90 valence electrons. The summed E-state index contributed by atoms with van der Waals surface area (Å²) in [6.45, 7) is 8.30. The second-order valence-electron chi connectivity index (χ2n) is 5.47. The van der Waals surface area contributed by atoms with Crippen LogP contribution >= 0.6 is 0 Å². The Kier molecular flexibility index (Phi) is 4.56. The van der Waals surface area contributed by atoms with Gasteiger partial charge in [0.1, 0.15) is 0 Å². The highest BCUT2D eigenvalue weighted by molar-refractivity contribution is 4.94. The SMILES string of the molecule is CN(C)CCCN1CCC(CO)C1(C)C. The smallest absolute Gasteiger partial charge is 0.0477 e. The zero-order valence-corrected chi connectivity index (χ0v) is 10.7. The van der Waals surface area contributed by atoms with Gasteiger partial charge in [-0.25, -0.2) is 0 Å². The highest BCUT2D eigenvalue weighted by Crippen LogP contribution is 2.33. The molecule has 0 aliphatic carbocycles. The summed E-state index contributed by atoms with van der Waals surface area (Å²) in [7, 11) is 4.23. The number of nitrogens with zero attached hydrogens (tertiary/aromatic N) is 2. The fourth-order valence-corrected chi connectivity index (χ4v) is 2.50. The summed E-state index contributed by atoms with van der Waals surface area (Å²) < 4.78 is 0. The summed E-state index contributed by atoms with van der Waals surface area (Å²) in [6.07, 6.45) is 2.36. The van der Waals surface area contributed by atoms with Crippen molar-refractivity contribution < 1.29 is 5.11 Å². The first-order valence-electron chi connectivity index (χ1n) is 5.99. The predicted octanol–water partition coefficient (Wildman–Crippen LogP) is 1.03. The van der Waals surface area contributed by atoms with Gasteiger partial charge in [-0.3, -0.25) is 4.90 Å². The van der Waals surface area contributed by atoms with Gasteiger partial charge < -0.3 is 10.0 Å². The summed E-state index contributed by atoms with van der Waals surface area (Å²) in [5.41, 5.74) is 0.182. The molecule has 1 unspecified atom stereocenters. The van der Waals surface area contributed by atoms with Gasteiger partial charge in [-0.05, 0) is 60.4 Å². The monoisotopic (exact) mass is 214 g/mol. The molecule has 1 atom stereocenters. The molecule has 1 fully saturated rings. The molecule has 1 N–H and O–H groups in total. The summed E-state index contributed by atoms with van der Waals surface area (Å²) in [4.78, 5) is 4.75. The van der Waals surface area contributed by atoms with Crippen molar-refractivity contribution in [1.29, 1.82) is 0 Å². The quantitative estimate of drug-likeness (QED) is 0.740. The highest BCUT2D eigenvalue weighted by Gasteiger charge is 2.39. The number of hydrogen-bond acceptors (Lipinski definition) is 3. The van der Waals surface area contributed by atoms with E-state index < -0.39 is 0 Å². The van der Waals surface area contributed by atoms with Crippen molar-refractivity contribution in [2.75, 3.05) is 40.3 Å². The summed E-state index contributed by atoms with van der Waals surface area (Å²) in [5.74, 6) is 0.455. The predicted molar refractivity (Wildman–Crippen MR) is 64.0 cm³/mol. The van der Waals surface area contributed by atoms with E-state index in [4.69, 9.17) is 0 Å².